The number of imidazole rings is 1. The van der Waals surface area contributed by atoms with Gasteiger partial charge in [0.15, 0.2) is 10.9 Å². The van der Waals surface area contributed by atoms with Crippen molar-refractivity contribution < 1.29 is 4.74 Å². The molecule has 26 heavy (non-hydrogen) atoms. The predicted molar refractivity (Wildman–Crippen MR) is 118 cm³/mol. The molecule has 0 aliphatic rings. The number of rotatable bonds is 6. The van der Waals surface area contributed by atoms with Crippen LogP contribution in [0.3, 0.4) is 0 Å². The Morgan fingerprint density at radius 1 is 1.35 bits per heavy atom. The van der Waals surface area contributed by atoms with E-state index in [0.29, 0.717) is 6.54 Å². The molecule has 3 rings (SSSR count). The maximum Gasteiger partial charge on any atom is 0.194 e. The van der Waals surface area contributed by atoms with E-state index in [0.717, 1.165) is 35.5 Å². The van der Waals surface area contributed by atoms with Gasteiger partial charge in [-0.3, -0.25) is 4.40 Å². The largest absolute Gasteiger partial charge is 0.497 e. The number of thiazole rings is 1. The van der Waals surface area contributed by atoms with Gasteiger partial charge in [-0.15, -0.1) is 35.3 Å². The van der Waals surface area contributed by atoms with E-state index in [-0.39, 0.29) is 24.0 Å². The molecule has 0 aliphatic carbocycles. The average molecular weight is 485 g/mol. The van der Waals surface area contributed by atoms with Crippen molar-refractivity contribution in [1.82, 2.24) is 19.6 Å². The van der Waals surface area contributed by atoms with Gasteiger partial charge in [-0.05, 0) is 24.6 Å². The first-order valence-corrected chi connectivity index (χ1v) is 9.11. The van der Waals surface area contributed by atoms with Gasteiger partial charge in [0.1, 0.15) is 5.75 Å². The Morgan fingerprint density at radius 2 is 2.12 bits per heavy atom. The molecule has 140 valence electrons. The molecule has 0 amide bonds. The summed E-state index contributed by atoms with van der Waals surface area (Å²) in [5.74, 6) is 1.74. The average Bonchev–Trinajstić information content (AvgIpc) is 3.20. The molecule has 2 aromatic heterocycles. The zero-order chi connectivity index (χ0) is 17.6. The standard InChI is InChI=1S/C18H23N5OS.HI/c1-4-19-17(20-11-15-13-23-9-10-25-18(23)21-15)22(2)12-14-5-7-16(24-3)8-6-14;/h5-10,13H,4,11-12H2,1-3H3,(H,19,20);1H. The number of halogens is 1. The second kappa shape index (κ2) is 9.77. The van der Waals surface area contributed by atoms with E-state index in [4.69, 9.17) is 9.73 Å². The lowest BCUT2D eigenvalue weighted by atomic mass is 10.2. The van der Waals surface area contributed by atoms with E-state index in [9.17, 15) is 0 Å². The van der Waals surface area contributed by atoms with Crippen LogP contribution in [0.25, 0.3) is 4.96 Å². The number of ether oxygens (including phenoxy) is 1. The van der Waals surface area contributed by atoms with E-state index >= 15 is 0 Å². The molecule has 3 aromatic rings. The van der Waals surface area contributed by atoms with Gasteiger partial charge in [0.05, 0.1) is 19.3 Å². The SMILES string of the molecule is CCNC(=NCc1cn2ccsc2n1)N(C)Cc1ccc(OC)cc1.I. The third-order valence-electron chi connectivity index (χ3n) is 3.81. The number of hydrogen-bond acceptors (Lipinski definition) is 4. The fourth-order valence-electron chi connectivity index (χ4n) is 2.56. The highest BCUT2D eigenvalue weighted by atomic mass is 127. The Morgan fingerprint density at radius 3 is 2.77 bits per heavy atom. The molecule has 0 unspecified atom stereocenters. The highest BCUT2D eigenvalue weighted by Crippen LogP contribution is 2.14. The van der Waals surface area contributed by atoms with Crippen LogP contribution in [0, 0.1) is 0 Å². The molecule has 6 nitrogen and oxygen atoms in total. The molecular weight excluding hydrogens is 461 g/mol. The molecule has 2 heterocycles. The van der Waals surface area contributed by atoms with Gasteiger partial charge in [0, 0.05) is 37.9 Å². The number of nitrogens with one attached hydrogen (secondary N) is 1. The predicted octanol–water partition coefficient (Wildman–Crippen LogP) is 3.62. The van der Waals surface area contributed by atoms with Crippen LogP contribution in [0.1, 0.15) is 18.2 Å². The van der Waals surface area contributed by atoms with Crippen molar-refractivity contribution in [1.29, 1.82) is 0 Å². The second-order valence-electron chi connectivity index (χ2n) is 5.70. The number of hydrogen-bond donors (Lipinski definition) is 1. The molecule has 0 saturated heterocycles. The van der Waals surface area contributed by atoms with E-state index in [1.54, 1.807) is 18.4 Å². The van der Waals surface area contributed by atoms with Crippen LogP contribution in [-0.2, 0) is 13.1 Å². The zero-order valence-electron chi connectivity index (χ0n) is 15.2. The molecule has 8 heteroatoms. The minimum atomic E-state index is 0. The lowest BCUT2D eigenvalue weighted by molar-refractivity contribution is 0.414. The molecule has 1 aromatic carbocycles. The Labute approximate surface area is 174 Å². The Kier molecular flexibility index (Phi) is 7.70. The van der Waals surface area contributed by atoms with E-state index < -0.39 is 0 Å². The summed E-state index contributed by atoms with van der Waals surface area (Å²) in [7, 11) is 3.72. The molecule has 0 aliphatic heterocycles. The zero-order valence-corrected chi connectivity index (χ0v) is 18.3. The maximum atomic E-state index is 5.21. The van der Waals surface area contributed by atoms with Crippen molar-refractivity contribution in [2.24, 2.45) is 4.99 Å². The number of guanidine groups is 1. The molecule has 0 fully saturated rings. The number of aromatic nitrogens is 2. The number of methoxy groups -OCH3 is 1. The van der Waals surface area contributed by atoms with Gasteiger partial charge in [-0.25, -0.2) is 9.98 Å². The number of benzene rings is 1. The van der Waals surface area contributed by atoms with E-state index in [1.165, 1.54) is 5.56 Å². The normalized spacial score (nSPS) is 11.3. The quantitative estimate of drug-likeness (QED) is 0.329. The molecule has 0 radical (unpaired) electrons. The molecular formula is C18H24IN5OS. The summed E-state index contributed by atoms with van der Waals surface area (Å²) in [6, 6.07) is 8.10. The van der Waals surface area contributed by atoms with Crippen molar-refractivity contribution in [3.8, 4) is 5.75 Å². The molecule has 0 atom stereocenters. The van der Waals surface area contributed by atoms with Crippen LogP contribution in [0.4, 0.5) is 0 Å². The minimum absolute atomic E-state index is 0. The van der Waals surface area contributed by atoms with Crippen LogP contribution in [0.5, 0.6) is 5.75 Å². The lowest BCUT2D eigenvalue weighted by Gasteiger charge is -2.22. The second-order valence-corrected chi connectivity index (χ2v) is 6.57. The van der Waals surface area contributed by atoms with Crippen LogP contribution in [-0.4, -0.2) is 40.9 Å². The van der Waals surface area contributed by atoms with Crippen molar-refractivity contribution in [3.63, 3.8) is 0 Å². The third kappa shape index (κ3) is 5.10. The fraction of sp³-hybridized carbons (Fsp3) is 0.333. The first kappa shape index (κ1) is 20.5. The summed E-state index contributed by atoms with van der Waals surface area (Å²) < 4.78 is 7.24. The first-order valence-electron chi connectivity index (χ1n) is 8.23. The van der Waals surface area contributed by atoms with Crippen molar-refractivity contribution >= 4 is 46.2 Å². The maximum absolute atomic E-state index is 5.21. The minimum Gasteiger partial charge on any atom is -0.497 e. The van der Waals surface area contributed by atoms with Crippen LogP contribution in [0.15, 0.2) is 47.0 Å². The monoisotopic (exact) mass is 485 g/mol. The van der Waals surface area contributed by atoms with Crippen molar-refractivity contribution in [2.45, 2.75) is 20.0 Å². The van der Waals surface area contributed by atoms with E-state index in [2.05, 4.69) is 34.3 Å². The van der Waals surface area contributed by atoms with E-state index in [1.807, 2.05) is 41.4 Å². The Hall–Kier alpha value is -1.81. The smallest absolute Gasteiger partial charge is 0.194 e. The Bertz CT molecular complexity index is 814. The van der Waals surface area contributed by atoms with Gasteiger partial charge in [0.2, 0.25) is 0 Å². The number of aliphatic imine (C=N–C) groups is 1. The summed E-state index contributed by atoms with van der Waals surface area (Å²) in [5, 5.41) is 5.37. The summed E-state index contributed by atoms with van der Waals surface area (Å²) in [5.41, 5.74) is 2.18. The van der Waals surface area contributed by atoms with Gasteiger partial charge in [0.25, 0.3) is 0 Å². The van der Waals surface area contributed by atoms with Gasteiger partial charge in [-0.1, -0.05) is 12.1 Å². The summed E-state index contributed by atoms with van der Waals surface area (Å²) in [4.78, 5) is 12.4. The first-order chi connectivity index (χ1) is 12.2. The number of nitrogens with zero attached hydrogens (tertiary/aromatic N) is 4. The molecule has 0 saturated carbocycles. The number of fused-ring (bicyclic) bond motifs is 1. The molecule has 0 bridgehead atoms. The van der Waals surface area contributed by atoms with Gasteiger partial charge < -0.3 is 15.0 Å². The van der Waals surface area contributed by atoms with Crippen LogP contribution in [0.2, 0.25) is 0 Å². The molecule has 1 N–H and O–H groups in total. The highest BCUT2D eigenvalue weighted by Gasteiger charge is 2.08. The lowest BCUT2D eigenvalue weighted by Crippen LogP contribution is -2.38. The van der Waals surface area contributed by atoms with Gasteiger partial charge in [-0.2, -0.15) is 0 Å². The summed E-state index contributed by atoms with van der Waals surface area (Å²) in [6.45, 7) is 4.23. The van der Waals surface area contributed by atoms with Gasteiger partial charge >= 0.3 is 0 Å². The summed E-state index contributed by atoms with van der Waals surface area (Å²) >= 11 is 1.63. The van der Waals surface area contributed by atoms with Crippen molar-refractivity contribution in [2.75, 3.05) is 20.7 Å². The Balaban J connectivity index is 0.00000243. The van der Waals surface area contributed by atoms with Crippen LogP contribution < -0.4 is 10.1 Å². The van der Waals surface area contributed by atoms with Crippen LogP contribution >= 0.6 is 35.3 Å². The van der Waals surface area contributed by atoms with Crippen molar-refractivity contribution in [3.05, 3.63) is 53.3 Å². The fourth-order valence-corrected chi connectivity index (χ4v) is 3.28. The third-order valence-corrected chi connectivity index (χ3v) is 4.58. The topological polar surface area (TPSA) is 54.2 Å². The summed E-state index contributed by atoms with van der Waals surface area (Å²) in [6.07, 6.45) is 4.05. The highest BCUT2D eigenvalue weighted by molar-refractivity contribution is 14.0. The molecule has 0 spiro atoms.